The molecule has 1 saturated heterocycles. The number of hydrogen-bond acceptors (Lipinski definition) is 4. The first-order chi connectivity index (χ1) is 10.1. The number of aldehydes is 1. The normalized spacial score (nSPS) is 28.2. The van der Waals surface area contributed by atoms with Crippen LogP contribution in [0.1, 0.15) is 32.3 Å². The molecule has 116 valence electrons. The Morgan fingerprint density at radius 1 is 1.33 bits per heavy atom. The number of hydrogen-bond donors (Lipinski definition) is 0. The summed E-state index contributed by atoms with van der Waals surface area (Å²) in [6.07, 6.45) is 1.42. The first-order valence-electron chi connectivity index (χ1n) is 7.35. The van der Waals surface area contributed by atoms with Gasteiger partial charge in [0.25, 0.3) is 0 Å². The Labute approximate surface area is 126 Å². The predicted octanol–water partition coefficient (Wildman–Crippen LogP) is 2.95. The molecule has 0 amide bonds. The Hall–Kier alpha value is -1.23. The van der Waals surface area contributed by atoms with Crippen LogP contribution < -0.4 is 0 Å². The first-order valence-corrected chi connectivity index (χ1v) is 7.35. The van der Waals surface area contributed by atoms with Gasteiger partial charge in [-0.05, 0) is 5.56 Å². The van der Waals surface area contributed by atoms with Gasteiger partial charge in [-0.15, -0.1) is 0 Å². The van der Waals surface area contributed by atoms with Crippen LogP contribution in [0.5, 0.6) is 0 Å². The molecule has 0 radical (unpaired) electrons. The lowest BCUT2D eigenvalue weighted by molar-refractivity contribution is -0.259. The lowest BCUT2D eigenvalue weighted by Gasteiger charge is -2.46. The van der Waals surface area contributed by atoms with Gasteiger partial charge in [0, 0.05) is 25.4 Å². The maximum atomic E-state index is 10.9. The van der Waals surface area contributed by atoms with Crippen LogP contribution >= 0.6 is 0 Å². The summed E-state index contributed by atoms with van der Waals surface area (Å²) in [5.41, 5.74) is 0.908. The molecule has 0 spiro atoms. The van der Waals surface area contributed by atoms with Gasteiger partial charge in [0.05, 0.1) is 18.8 Å². The van der Waals surface area contributed by atoms with Gasteiger partial charge in [-0.2, -0.15) is 0 Å². The average molecular weight is 292 g/mol. The summed E-state index contributed by atoms with van der Waals surface area (Å²) in [5, 5.41) is 0. The second kappa shape index (κ2) is 7.16. The number of carbonyl (C=O) groups excluding carboxylic acids is 1. The molecule has 1 heterocycles. The second-order valence-corrected chi connectivity index (χ2v) is 6.03. The van der Waals surface area contributed by atoms with Crippen molar-refractivity contribution in [3.05, 3.63) is 35.9 Å². The van der Waals surface area contributed by atoms with Crippen LogP contribution in [-0.4, -0.2) is 31.9 Å². The van der Waals surface area contributed by atoms with Crippen LogP contribution in [0, 0.1) is 5.41 Å². The van der Waals surface area contributed by atoms with Crippen LogP contribution in [0.25, 0.3) is 0 Å². The molecule has 3 atom stereocenters. The van der Waals surface area contributed by atoms with E-state index in [1.807, 2.05) is 30.3 Å². The second-order valence-electron chi connectivity index (χ2n) is 6.03. The molecule has 4 nitrogen and oxygen atoms in total. The Morgan fingerprint density at radius 2 is 2.05 bits per heavy atom. The zero-order chi connectivity index (χ0) is 15.3. The summed E-state index contributed by atoms with van der Waals surface area (Å²) in [6.45, 7) is 4.73. The number of ether oxygens (including phenoxy) is 3. The van der Waals surface area contributed by atoms with E-state index in [1.54, 1.807) is 7.11 Å². The Balaban J connectivity index is 2.05. The van der Waals surface area contributed by atoms with E-state index >= 15 is 0 Å². The molecule has 0 N–H and O–H groups in total. The summed E-state index contributed by atoms with van der Waals surface area (Å²) in [6, 6.07) is 10.1. The SMILES string of the molecule is CO[C@@H]1C[C@H](OCc2ccccc2)C(C)(C)[C@H](CC=O)O1. The van der Waals surface area contributed by atoms with Crippen LogP contribution in [-0.2, 0) is 25.6 Å². The highest BCUT2D eigenvalue weighted by Crippen LogP contribution is 2.40. The van der Waals surface area contributed by atoms with E-state index in [1.165, 1.54) is 0 Å². The van der Waals surface area contributed by atoms with Crippen molar-refractivity contribution in [1.82, 2.24) is 0 Å². The van der Waals surface area contributed by atoms with Gasteiger partial charge in [0.15, 0.2) is 6.29 Å². The van der Waals surface area contributed by atoms with E-state index < -0.39 is 0 Å². The van der Waals surface area contributed by atoms with Crippen molar-refractivity contribution in [3.63, 3.8) is 0 Å². The van der Waals surface area contributed by atoms with Crippen molar-refractivity contribution in [2.45, 2.75) is 51.8 Å². The van der Waals surface area contributed by atoms with Crippen LogP contribution in [0.3, 0.4) is 0 Å². The molecule has 0 aliphatic carbocycles. The molecule has 0 bridgehead atoms. The summed E-state index contributed by atoms with van der Waals surface area (Å²) in [4.78, 5) is 10.9. The van der Waals surface area contributed by atoms with E-state index in [0.29, 0.717) is 19.4 Å². The Kier molecular flexibility index (Phi) is 5.51. The molecule has 1 aliphatic rings. The Bertz CT molecular complexity index is 443. The minimum absolute atomic E-state index is 0.0126. The highest BCUT2D eigenvalue weighted by molar-refractivity contribution is 5.50. The molecule has 21 heavy (non-hydrogen) atoms. The van der Waals surface area contributed by atoms with Crippen molar-refractivity contribution in [2.75, 3.05) is 7.11 Å². The smallest absolute Gasteiger partial charge is 0.160 e. The van der Waals surface area contributed by atoms with E-state index in [-0.39, 0.29) is 23.9 Å². The molecule has 0 aromatic heterocycles. The van der Waals surface area contributed by atoms with Gasteiger partial charge < -0.3 is 19.0 Å². The molecule has 0 unspecified atom stereocenters. The van der Waals surface area contributed by atoms with Crippen LogP contribution in [0.2, 0.25) is 0 Å². The van der Waals surface area contributed by atoms with E-state index in [4.69, 9.17) is 14.2 Å². The largest absolute Gasteiger partial charge is 0.373 e. The van der Waals surface area contributed by atoms with Crippen molar-refractivity contribution in [1.29, 1.82) is 0 Å². The van der Waals surface area contributed by atoms with Gasteiger partial charge in [0.1, 0.15) is 6.29 Å². The third-order valence-corrected chi connectivity index (χ3v) is 4.25. The zero-order valence-electron chi connectivity index (χ0n) is 13.0. The fourth-order valence-electron chi connectivity index (χ4n) is 2.75. The van der Waals surface area contributed by atoms with Gasteiger partial charge >= 0.3 is 0 Å². The van der Waals surface area contributed by atoms with Gasteiger partial charge in [-0.3, -0.25) is 0 Å². The molecular weight excluding hydrogens is 268 g/mol. The summed E-state index contributed by atoms with van der Waals surface area (Å²) >= 11 is 0. The Morgan fingerprint density at radius 3 is 2.67 bits per heavy atom. The molecule has 1 aliphatic heterocycles. The van der Waals surface area contributed by atoms with Gasteiger partial charge in [-0.1, -0.05) is 44.2 Å². The standard InChI is InChI=1S/C17H24O4/c1-17(2)14(9-10-18)21-16(19-3)11-15(17)20-12-13-7-5-4-6-8-13/h4-8,10,14-16H,9,11-12H2,1-3H3/t14-,15-,16-/m0/s1. The third-order valence-electron chi connectivity index (χ3n) is 4.25. The molecule has 1 aromatic rings. The number of benzene rings is 1. The number of carbonyl (C=O) groups is 1. The van der Waals surface area contributed by atoms with E-state index in [9.17, 15) is 4.79 Å². The molecule has 1 aromatic carbocycles. The summed E-state index contributed by atoms with van der Waals surface area (Å²) in [5.74, 6) is 0. The summed E-state index contributed by atoms with van der Waals surface area (Å²) < 4.78 is 17.3. The molecule has 4 heteroatoms. The number of methoxy groups -OCH3 is 1. The average Bonchev–Trinajstić information content (AvgIpc) is 2.49. The summed E-state index contributed by atoms with van der Waals surface area (Å²) in [7, 11) is 1.62. The molecule has 0 saturated carbocycles. The highest BCUT2D eigenvalue weighted by Gasteiger charge is 2.45. The first kappa shape index (κ1) is 16.1. The third kappa shape index (κ3) is 3.90. The lowest BCUT2D eigenvalue weighted by Crippen LogP contribution is -2.52. The zero-order valence-corrected chi connectivity index (χ0v) is 13.0. The van der Waals surface area contributed by atoms with Crippen molar-refractivity contribution >= 4 is 6.29 Å². The monoisotopic (exact) mass is 292 g/mol. The fraction of sp³-hybridized carbons (Fsp3) is 0.588. The fourth-order valence-corrected chi connectivity index (χ4v) is 2.75. The van der Waals surface area contributed by atoms with Crippen molar-refractivity contribution in [3.8, 4) is 0 Å². The van der Waals surface area contributed by atoms with Gasteiger partial charge in [0.2, 0.25) is 0 Å². The lowest BCUT2D eigenvalue weighted by atomic mass is 9.76. The van der Waals surface area contributed by atoms with E-state index in [0.717, 1.165) is 11.8 Å². The van der Waals surface area contributed by atoms with Crippen molar-refractivity contribution < 1.29 is 19.0 Å². The number of rotatable bonds is 6. The maximum Gasteiger partial charge on any atom is 0.160 e. The van der Waals surface area contributed by atoms with Crippen LogP contribution in [0.15, 0.2) is 30.3 Å². The maximum absolute atomic E-state index is 10.9. The quantitative estimate of drug-likeness (QED) is 0.756. The molecule has 2 rings (SSSR count). The molecule has 1 fully saturated rings. The van der Waals surface area contributed by atoms with Gasteiger partial charge in [-0.25, -0.2) is 0 Å². The predicted molar refractivity (Wildman–Crippen MR) is 79.8 cm³/mol. The van der Waals surface area contributed by atoms with E-state index in [2.05, 4.69) is 13.8 Å². The molecular formula is C17H24O4. The highest BCUT2D eigenvalue weighted by atomic mass is 16.7. The van der Waals surface area contributed by atoms with Crippen molar-refractivity contribution in [2.24, 2.45) is 5.41 Å². The minimum Gasteiger partial charge on any atom is -0.373 e. The minimum atomic E-state index is -0.316. The topological polar surface area (TPSA) is 44.8 Å². The van der Waals surface area contributed by atoms with Crippen LogP contribution in [0.4, 0.5) is 0 Å².